The van der Waals surface area contributed by atoms with Crippen LogP contribution in [-0.2, 0) is 0 Å². The molecule has 4 nitrogen and oxygen atoms in total. The fourth-order valence-corrected chi connectivity index (χ4v) is 1.15. The fraction of sp³-hybridized carbons (Fsp3) is 1.00. The molecule has 0 aromatic rings. The highest BCUT2D eigenvalue weighted by Crippen LogP contribution is 1.31. The van der Waals surface area contributed by atoms with Crippen LogP contribution in [0, 0.1) is 0 Å². The molecule has 0 heterocycles. The van der Waals surface area contributed by atoms with Gasteiger partial charge in [-0.3, -0.25) is 0 Å². The summed E-state index contributed by atoms with van der Waals surface area (Å²) in [4.78, 5) is 0. The van der Waals surface area contributed by atoms with E-state index in [0.717, 1.165) is 0 Å². The Labute approximate surface area is 178 Å². The van der Waals surface area contributed by atoms with Crippen molar-refractivity contribution >= 4 is 0 Å². The van der Waals surface area contributed by atoms with E-state index in [9.17, 15) is 0 Å². The molecule has 0 radical (unpaired) electrons. The van der Waals surface area contributed by atoms with Crippen LogP contribution in [0.25, 0.3) is 0 Å². The van der Waals surface area contributed by atoms with E-state index in [1.165, 1.54) is 52.4 Å². The molecule has 0 atom stereocenters. The Balaban J connectivity index is -0.0000000225. The van der Waals surface area contributed by atoms with Crippen LogP contribution < -0.4 is 70.9 Å². The Morgan fingerprint density at radius 1 is 0.292 bits per heavy atom. The summed E-state index contributed by atoms with van der Waals surface area (Å²) in [6.45, 7) is 27.0. The number of hydrogen-bond donors (Lipinski definition) is 4. The van der Waals surface area contributed by atoms with E-state index in [4.69, 9.17) is 0 Å². The largest absolute Gasteiger partial charge is 1.00 e. The lowest BCUT2D eigenvalue weighted by molar-refractivity contribution is -0.648. The molecule has 8 N–H and O–H groups in total. The summed E-state index contributed by atoms with van der Waals surface area (Å²) in [7, 11) is 0. The van der Waals surface area contributed by atoms with E-state index in [2.05, 4.69) is 76.7 Å². The summed E-state index contributed by atoms with van der Waals surface area (Å²) in [6, 6.07) is 0. The summed E-state index contributed by atoms with van der Waals surface area (Å²) in [6.07, 6.45) is 0. The highest BCUT2D eigenvalue weighted by Gasteiger charge is 1.68. The second-order valence-corrected chi connectivity index (χ2v) is 4.42. The first-order chi connectivity index (χ1) is 9.66. The molecular formula is C16H48Cl4N4. The van der Waals surface area contributed by atoms with Gasteiger partial charge in [0.05, 0.1) is 52.4 Å². The van der Waals surface area contributed by atoms with E-state index in [0.29, 0.717) is 0 Å². The van der Waals surface area contributed by atoms with Crippen molar-refractivity contribution in [1.82, 2.24) is 0 Å². The van der Waals surface area contributed by atoms with Crippen molar-refractivity contribution < 1.29 is 70.9 Å². The third kappa shape index (κ3) is 137. The second-order valence-electron chi connectivity index (χ2n) is 4.42. The molecule has 0 aromatic carbocycles. The number of halogens is 4. The lowest BCUT2D eigenvalue weighted by Crippen LogP contribution is -3.00. The first kappa shape index (κ1) is 49.8. The Bertz CT molecular complexity index is 84.1. The van der Waals surface area contributed by atoms with Gasteiger partial charge in [-0.25, -0.2) is 0 Å². The molecule has 0 aromatic heterocycles. The topological polar surface area (TPSA) is 66.4 Å². The lowest BCUT2D eigenvalue weighted by atomic mass is 10.7. The fourth-order valence-electron chi connectivity index (χ4n) is 1.15. The van der Waals surface area contributed by atoms with Gasteiger partial charge in [0.25, 0.3) is 0 Å². The predicted octanol–water partition coefficient (Wildman–Crippen LogP) is -13.6. The molecule has 0 fully saturated rings. The van der Waals surface area contributed by atoms with E-state index in [1.807, 2.05) is 0 Å². The smallest absolute Gasteiger partial charge is 0.0726 e. The minimum atomic E-state index is 0. The number of hydrogen-bond acceptors (Lipinski definition) is 0. The van der Waals surface area contributed by atoms with Crippen molar-refractivity contribution in [2.75, 3.05) is 52.4 Å². The molecular weight excluding hydrogens is 390 g/mol. The summed E-state index contributed by atoms with van der Waals surface area (Å²) >= 11 is 0. The highest BCUT2D eigenvalue weighted by atomic mass is 35.5. The molecule has 160 valence electrons. The number of rotatable bonds is 8. The van der Waals surface area contributed by atoms with Crippen LogP contribution in [0.4, 0.5) is 0 Å². The lowest BCUT2D eigenvalue weighted by Gasteiger charge is -1.83. The van der Waals surface area contributed by atoms with E-state index >= 15 is 0 Å². The maximum absolute atomic E-state index is 2.25. The van der Waals surface area contributed by atoms with Crippen LogP contribution in [0.5, 0.6) is 0 Å². The molecule has 0 aliphatic heterocycles. The molecule has 0 aliphatic carbocycles. The standard InChI is InChI=1S/4C4H11N.4ClH/c4*1-3-5-4-2;;;;/h4*5H,3-4H2,1-2H3;4*1H. The molecule has 24 heavy (non-hydrogen) atoms. The number of quaternary nitrogens is 4. The Morgan fingerprint density at radius 3 is 0.375 bits per heavy atom. The van der Waals surface area contributed by atoms with Gasteiger partial charge in [0.15, 0.2) is 0 Å². The van der Waals surface area contributed by atoms with Crippen molar-refractivity contribution in [3.8, 4) is 0 Å². The average molecular weight is 438 g/mol. The molecule has 0 saturated heterocycles. The molecule has 0 amide bonds. The SMILES string of the molecule is CC[NH2+]CC.CC[NH2+]CC.CC[NH2+]CC.CC[NH2+]CC.[Cl-].[Cl-].[Cl-].[Cl-]. The van der Waals surface area contributed by atoms with Gasteiger partial charge in [0, 0.05) is 0 Å². The third-order valence-corrected chi connectivity index (χ3v) is 2.31. The predicted molar refractivity (Wildman–Crippen MR) is 92.0 cm³/mol. The Morgan fingerprint density at radius 2 is 0.375 bits per heavy atom. The quantitative estimate of drug-likeness (QED) is 0.291. The molecule has 0 aliphatic rings. The zero-order valence-electron chi connectivity index (χ0n) is 17.5. The van der Waals surface area contributed by atoms with Crippen LogP contribution >= 0.6 is 0 Å². The maximum atomic E-state index is 2.25. The van der Waals surface area contributed by atoms with Gasteiger partial charge >= 0.3 is 0 Å². The summed E-state index contributed by atoms with van der Waals surface area (Å²) < 4.78 is 0. The van der Waals surface area contributed by atoms with E-state index in [-0.39, 0.29) is 49.6 Å². The van der Waals surface area contributed by atoms with Crippen LogP contribution in [0.1, 0.15) is 55.4 Å². The average Bonchev–Trinajstić information content (AvgIpc) is 2.44. The van der Waals surface area contributed by atoms with Gasteiger partial charge in [-0.15, -0.1) is 0 Å². The van der Waals surface area contributed by atoms with Crippen molar-refractivity contribution in [2.24, 2.45) is 0 Å². The van der Waals surface area contributed by atoms with Crippen molar-refractivity contribution in [2.45, 2.75) is 55.4 Å². The number of nitrogens with two attached hydrogens (primary N) is 4. The van der Waals surface area contributed by atoms with Gasteiger partial charge in [-0.2, -0.15) is 0 Å². The van der Waals surface area contributed by atoms with Gasteiger partial charge in [-0.1, -0.05) is 0 Å². The Kier molecular flexibility index (Phi) is 156. The monoisotopic (exact) mass is 436 g/mol. The van der Waals surface area contributed by atoms with Crippen LogP contribution in [-0.4, -0.2) is 52.4 Å². The Hall–Kier alpha value is 1.00. The molecule has 8 heteroatoms. The van der Waals surface area contributed by atoms with Crippen LogP contribution in [0.3, 0.4) is 0 Å². The molecule has 0 unspecified atom stereocenters. The molecule has 0 rings (SSSR count). The van der Waals surface area contributed by atoms with Crippen molar-refractivity contribution in [3.05, 3.63) is 0 Å². The summed E-state index contributed by atoms with van der Waals surface area (Å²) in [5, 5.41) is 9.00. The van der Waals surface area contributed by atoms with Crippen molar-refractivity contribution in [1.29, 1.82) is 0 Å². The maximum Gasteiger partial charge on any atom is 0.0726 e. The van der Waals surface area contributed by atoms with Gasteiger partial charge in [-0.05, 0) is 55.4 Å². The van der Waals surface area contributed by atoms with E-state index < -0.39 is 0 Å². The minimum absolute atomic E-state index is 0. The molecule has 0 spiro atoms. The zero-order chi connectivity index (χ0) is 16.5. The third-order valence-electron chi connectivity index (χ3n) is 2.31. The zero-order valence-corrected chi connectivity index (χ0v) is 20.5. The summed E-state index contributed by atoms with van der Waals surface area (Å²) in [5.74, 6) is 0. The molecule has 0 saturated carbocycles. The van der Waals surface area contributed by atoms with Crippen LogP contribution in [0.15, 0.2) is 0 Å². The minimum Gasteiger partial charge on any atom is -1.00 e. The summed E-state index contributed by atoms with van der Waals surface area (Å²) in [5.41, 5.74) is 0. The first-order valence-electron chi connectivity index (χ1n) is 8.92. The normalized spacial score (nSPS) is 7.00. The van der Waals surface area contributed by atoms with Gasteiger partial charge in [0.2, 0.25) is 0 Å². The van der Waals surface area contributed by atoms with Crippen LogP contribution in [0.2, 0.25) is 0 Å². The van der Waals surface area contributed by atoms with Crippen molar-refractivity contribution in [3.63, 3.8) is 0 Å². The van der Waals surface area contributed by atoms with E-state index in [1.54, 1.807) is 0 Å². The first-order valence-corrected chi connectivity index (χ1v) is 8.92. The molecule has 0 bridgehead atoms. The second kappa shape index (κ2) is 75.1. The van der Waals surface area contributed by atoms with Gasteiger partial charge < -0.3 is 70.9 Å². The van der Waals surface area contributed by atoms with Gasteiger partial charge in [0.1, 0.15) is 0 Å². The highest BCUT2D eigenvalue weighted by molar-refractivity contribution is 3.97.